The molecule has 1 aliphatic rings. The number of amides is 1. The van der Waals surface area contributed by atoms with E-state index < -0.39 is 0 Å². The van der Waals surface area contributed by atoms with Gasteiger partial charge in [0.25, 0.3) is 5.69 Å². The normalized spacial score (nSPS) is 18.7. The molecular formula is C25H33N3O4. The molecule has 7 nitrogen and oxygen atoms in total. The second-order valence-electron chi connectivity index (χ2n) is 9.04. The van der Waals surface area contributed by atoms with Gasteiger partial charge in [-0.3, -0.25) is 19.8 Å². The maximum atomic E-state index is 12.3. The third-order valence-electron chi connectivity index (χ3n) is 6.11. The van der Waals surface area contributed by atoms with Crippen molar-refractivity contribution in [1.82, 2.24) is 9.80 Å². The molecule has 0 saturated carbocycles. The summed E-state index contributed by atoms with van der Waals surface area (Å²) in [4.78, 5) is 27.7. The average Bonchev–Trinajstić information content (AvgIpc) is 3.15. The van der Waals surface area contributed by atoms with E-state index in [-0.39, 0.29) is 28.4 Å². The quantitative estimate of drug-likeness (QED) is 0.430. The van der Waals surface area contributed by atoms with Crippen molar-refractivity contribution in [2.24, 2.45) is 11.8 Å². The Kier molecular flexibility index (Phi) is 7.85. The standard InChI is InChI=1S/C25H33N3O4/c1-18(2)13-27(19(3)29)16-22-15-26(14-21-8-5-6-11-25(21)28(30)31)17-24(22)20-9-7-10-23(12-20)32-4/h5-12,18,22,24H,13-17H2,1-4H3/t22-,24-/m1/s1. The van der Waals surface area contributed by atoms with Crippen molar-refractivity contribution >= 4 is 11.6 Å². The molecule has 1 saturated heterocycles. The first-order valence-corrected chi connectivity index (χ1v) is 11.1. The summed E-state index contributed by atoms with van der Waals surface area (Å²) in [6.45, 7) is 9.31. The summed E-state index contributed by atoms with van der Waals surface area (Å²) in [5.74, 6) is 1.72. The number of carbonyl (C=O) groups is 1. The third-order valence-corrected chi connectivity index (χ3v) is 6.11. The molecule has 2 aromatic carbocycles. The van der Waals surface area contributed by atoms with E-state index in [9.17, 15) is 14.9 Å². The van der Waals surface area contributed by atoms with Crippen molar-refractivity contribution in [3.8, 4) is 5.75 Å². The maximum absolute atomic E-state index is 12.3. The molecule has 172 valence electrons. The SMILES string of the molecule is COc1cccc([C@H]2CN(Cc3ccccc3[N+](=O)[O-])C[C@@H]2CN(CC(C)C)C(C)=O)c1. The number of carbonyl (C=O) groups excluding carboxylic acids is 1. The van der Waals surface area contributed by atoms with Gasteiger partial charge in [-0.05, 0) is 29.5 Å². The fourth-order valence-corrected chi connectivity index (χ4v) is 4.64. The van der Waals surface area contributed by atoms with Gasteiger partial charge in [0.05, 0.1) is 12.0 Å². The van der Waals surface area contributed by atoms with Crippen molar-refractivity contribution in [1.29, 1.82) is 0 Å². The molecule has 32 heavy (non-hydrogen) atoms. The minimum absolute atomic E-state index is 0.0836. The predicted molar refractivity (Wildman–Crippen MR) is 125 cm³/mol. The van der Waals surface area contributed by atoms with E-state index in [4.69, 9.17) is 4.74 Å². The van der Waals surface area contributed by atoms with Crippen LogP contribution in [-0.2, 0) is 11.3 Å². The van der Waals surface area contributed by atoms with Gasteiger partial charge in [-0.25, -0.2) is 0 Å². The van der Waals surface area contributed by atoms with Crippen molar-refractivity contribution in [2.75, 3.05) is 33.3 Å². The third kappa shape index (κ3) is 5.85. The zero-order valence-electron chi connectivity index (χ0n) is 19.4. The number of para-hydroxylation sites is 1. The van der Waals surface area contributed by atoms with E-state index in [0.717, 1.165) is 25.4 Å². The molecule has 0 unspecified atom stereocenters. The molecule has 3 rings (SSSR count). The molecule has 0 bridgehead atoms. The summed E-state index contributed by atoms with van der Waals surface area (Å²) in [6, 6.07) is 15.0. The lowest BCUT2D eigenvalue weighted by Crippen LogP contribution is -2.38. The van der Waals surface area contributed by atoms with Crippen LogP contribution in [0.5, 0.6) is 5.75 Å². The summed E-state index contributed by atoms with van der Waals surface area (Å²) < 4.78 is 5.43. The maximum Gasteiger partial charge on any atom is 0.273 e. The van der Waals surface area contributed by atoms with Gasteiger partial charge >= 0.3 is 0 Å². The minimum Gasteiger partial charge on any atom is -0.497 e. The van der Waals surface area contributed by atoms with Gasteiger partial charge in [0.2, 0.25) is 5.91 Å². The Hall–Kier alpha value is -2.93. The molecule has 1 amide bonds. The summed E-state index contributed by atoms with van der Waals surface area (Å²) in [6.07, 6.45) is 0. The zero-order chi connectivity index (χ0) is 23.3. The molecule has 2 aromatic rings. The lowest BCUT2D eigenvalue weighted by molar-refractivity contribution is -0.385. The topological polar surface area (TPSA) is 75.9 Å². The van der Waals surface area contributed by atoms with Gasteiger partial charge < -0.3 is 9.64 Å². The fourth-order valence-electron chi connectivity index (χ4n) is 4.64. The average molecular weight is 440 g/mol. The van der Waals surface area contributed by atoms with Crippen LogP contribution in [0.15, 0.2) is 48.5 Å². The van der Waals surface area contributed by atoms with Crippen molar-refractivity contribution in [2.45, 2.75) is 33.2 Å². The lowest BCUT2D eigenvalue weighted by atomic mass is 9.88. The van der Waals surface area contributed by atoms with Crippen LogP contribution in [0.4, 0.5) is 5.69 Å². The van der Waals surface area contributed by atoms with Crippen LogP contribution in [0.25, 0.3) is 0 Å². The number of likely N-dealkylation sites (tertiary alicyclic amines) is 1. The Bertz CT molecular complexity index is 946. The second-order valence-corrected chi connectivity index (χ2v) is 9.04. The molecule has 1 aliphatic heterocycles. The highest BCUT2D eigenvalue weighted by Crippen LogP contribution is 2.36. The van der Waals surface area contributed by atoms with Gasteiger partial charge in [0, 0.05) is 57.2 Å². The fraction of sp³-hybridized carbons (Fsp3) is 0.480. The Morgan fingerprint density at radius 3 is 2.62 bits per heavy atom. The van der Waals surface area contributed by atoms with Crippen LogP contribution >= 0.6 is 0 Å². The van der Waals surface area contributed by atoms with Crippen LogP contribution in [0, 0.1) is 22.0 Å². The van der Waals surface area contributed by atoms with E-state index in [2.05, 4.69) is 30.9 Å². The van der Waals surface area contributed by atoms with Gasteiger partial charge in [0.1, 0.15) is 5.75 Å². The molecule has 0 spiro atoms. The number of benzene rings is 2. The van der Waals surface area contributed by atoms with E-state index in [1.807, 2.05) is 29.2 Å². The lowest BCUT2D eigenvalue weighted by Gasteiger charge is -2.29. The summed E-state index contributed by atoms with van der Waals surface area (Å²) >= 11 is 0. The molecule has 0 aromatic heterocycles. The first-order valence-electron chi connectivity index (χ1n) is 11.1. The Morgan fingerprint density at radius 1 is 1.22 bits per heavy atom. The van der Waals surface area contributed by atoms with Crippen LogP contribution < -0.4 is 4.74 Å². The number of nitrogens with zero attached hydrogens (tertiary/aromatic N) is 3. The largest absolute Gasteiger partial charge is 0.497 e. The summed E-state index contributed by atoms with van der Waals surface area (Å²) in [7, 11) is 1.66. The van der Waals surface area contributed by atoms with Crippen molar-refractivity contribution < 1.29 is 14.5 Å². The van der Waals surface area contributed by atoms with Crippen molar-refractivity contribution in [3.05, 3.63) is 69.8 Å². The van der Waals surface area contributed by atoms with Gasteiger partial charge in [0.15, 0.2) is 0 Å². The van der Waals surface area contributed by atoms with Gasteiger partial charge in [-0.1, -0.05) is 44.2 Å². The van der Waals surface area contributed by atoms with Gasteiger partial charge in [-0.2, -0.15) is 0 Å². The predicted octanol–water partition coefficient (Wildman–Crippen LogP) is 4.32. The molecule has 2 atom stereocenters. The molecule has 1 fully saturated rings. The molecular weight excluding hydrogens is 406 g/mol. The van der Waals surface area contributed by atoms with Crippen LogP contribution in [-0.4, -0.2) is 53.9 Å². The highest BCUT2D eigenvalue weighted by molar-refractivity contribution is 5.73. The highest BCUT2D eigenvalue weighted by Gasteiger charge is 2.36. The molecule has 0 radical (unpaired) electrons. The van der Waals surface area contributed by atoms with Crippen LogP contribution in [0.1, 0.15) is 37.8 Å². The number of nitro benzene ring substituents is 1. The molecule has 0 aliphatic carbocycles. The van der Waals surface area contributed by atoms with E-state index in [1.165, 1.54) is 5.56 Å². The molecule has 0 N–H and O–H groups in total. The number of rotatable bonds is 9. The first kappa shape index (κ1) is 23.7. The van der Waals surface area contributed by atoms with E-state index in [0.29, 0.717) is 24.6 Å². The van der Waals surface area contributed by atoms with Crippen LogP contribution in [0.2, 0.25) is 0 Å². The number of methoxy groups -OCH3 is 1. The van der Waals surface area contributed by atoms with E-state index >= 15 is 0 Å². The Balaban J connectivity index is 1.86. The van der Waals surface area contributed by atoms with Gasteiger partial charge in [-0.15, -0.1) is 0 Å². The number of nitro groups is 1. The minimum atomic E-state index is -0.317. The second kappa shape index (κ2) is 10.6. The summed E-state index contributed by atoms with van der Waals surface area (Å²) in [5.41, 5.74) is 2.04. The Morgan fingerprint density at radius 2 is 1.97 bits per heavy atom. The number of hydrogen-bond donors (Lipinski definition) is 0. The summed E-state index contributed by atoms with van der Waals surface area (Å²) in [5, 5.41) is 11.5. The van der Waals surface area contributed by atoms with E-state index in [1.54, 1.807) is 26.2 Å². The molecule has 7 heteroatoms. The smallest absolute Gasteiger partial charge is 0.273 e. The number of ether oxygens (including phenoxy) is 1. The highest BCUT2D eigenvalue weighted by atomic mass is 16.6. The monoisotopic (exact) mass is 439 g/mol. The van der Waals surface area contributed by atoms with Crippen LogP contribution in [0.3, 0.4) is 0 Å². The van der Waals surface area contributed by atoms with Crippen molar-refractivity contribution in [3.63, 3.8) is 0 Å². The zero-order valence-corrected chi connectivity index (χ0v) is 19.4. The number of hydrogen-bond acceptors (Lipinski definition) is 5. The first-order chi connectivity index (χ1) is 15.3. The Labute approximate surface area is 190 Å². The molecule has 1 heterocycles.